The standard InChI is InChI=1S/C22H28O5/c1-13(23)16-11-15-7-8-19-21(3,17(15)12-18(16)27-14(2)24)9-6-10-22(19,4)20(25)26-5/h11-12,19H,6-10H2,1-5H3/t19-,21-,22+/m1/s1. The Bertz CT molecular complexity index is 811. The number of fused-ring (bicyclic) bond motifs is 3. The highest BCUT2D eigenvalue weighted by Crippen LogP contribution is 2.58. The van der Waals surface area contributed by atoms with Crippen LogP contribution in [0.2, 0.25) is 0 Å². The predicted octanol–water partition coefficient (Wildman–Crippen LogP) is 4.00. The van der Waals surface area contributed by atoms with E-state index < -0.39 is 11.4 Å². The molecular formula is C22H28O5. The Morgan fingerprint density at radius 3 is 2.41 bits per heavy atom. The molecule has 5 heteroatoms. The molecule has 3 rings (SSSR count). The molecular weight excluding hydrogens is 344 g/mol. The summed E-state index contributed by atoms with van der Waals surface area (Å²) >= 11 is 0. The summed E-state index contributed by atoms with van der Waals surface area (Å²) in [6.45, 7) is 7.03. The Hall–Kier alpha value is -2.17. The molecule has 5 nitrogen and oxygen atoms in total. The zero-order chi connectivity index (χ0) is 20.0. The molecule has 0 spiro atoms. The van der Waals surface area contributed by atoms with Crippen molar-refractivity contribution in [2.75, 3.05) is 7.11 Å². The molecule has 1 fully saturated rings. The van der Waals surface area contributed by atoms with Crippen molar-refractivity contribution in [2.45, 2.75) is 65.2 Å². The molecule has 0 aromatic heterocycles. The molecule has 1 aromatic carbocycles. The van der Waals surface area contributed by atoms with Crippen LogP contribution in [0.15, 0.2) is 12.1 Å². The van der Waals surface area contributed by atoms with E-state index in [1.807, 2.05) is 19.1 Å². The summed E-state index contributed by atoms with van der Waals surface area (Å²) in [7, 11) is 1.45. The van der Waals surface area contributed by atoms with Gasteiger partial charge in [0.25, 0.3) is 0 Å². The van der Waals surface area contributed by atoms with Crippen molar-refractivity contribution in [3.8, 4) is 5.75 Å². The van der Waals surface area contributed by atoms with Gasteiger partial charge in [-0.05, 0) is 74.1 Å². The second kappa shape index (κ2) is 6.77. The highest BCUT2D eigenvalue weighted by molar-refractivity contribution is 5.98. The van der Waals surface area contributed by atoms with Crippen LogP contribution in [0.5, 0.6) is 5.75 Å². The molecule has 0 amide bonds. The van der Waals surface area contributed by atoms with Crippen LogP contribution in [-0.2, 0) is 26.2 Å². The SMILES string of the molecule is COC(=O)[C@@]1(C)CCC[C@]2(C)c3cc(OC(C)=O)c(C(C)=O)cc3CC[C@@H]12. The van der Waals surface area contributed by atoms with Crippen LogP contribution in [0.1, 0.15) is 74.9 Å². The first-order valence-electron chi connectivity index (χ1n) is 9.58. The number of hydrogen-bond donors (Lipinski definition) is 0. The van der Waals surface area contributed by atoms with E-state index in [-0.39, 0.29) is 23.1 Å². The van der Waals surface area contributed by atoms with Gasteiger partial charge in [-0.2, -0.15) is 0 Å². The van der Waals surface area contributed by atoms with Crippen LogP contribution in [-0.4, -0.2) is 24.8 Å². The van der Waals surface area contributed by atoms with Gasteiger partial charge < -0.3 is 9.47 Å². The zero-order valence-corrected chi connectivity index (χ0v) is 16.8. The molecule has 0 heterocycles. The lowest BCUT2D eigenvalue weighted by molar-refractivity contribution is -0.161. The molecule has 27 heavy (non-hydrogen) atoms. The number of benzene rings is 1. The van der Waals surface area contributed by atoms with E-state index in [4.69, 9.17) is 9.47 Å². The van der Waals surface area contributed by atoms with E-state index in [0.717, 1.165) is 43.2 Å². The van der Waals surface area contributed by atoms with Crippen molar-refractivity contribution in [1.82, 2.24) is 0 Å². The van der Waals surface area contributed by atoms with Crippen LogP contribution < -0.4 is 4.74 Å². The summed E-state index contributed by atoms with van der Waals surface area (Å²) in [5.74, 6) is -0.252. The Labute approximate surface area is 160 Å². The van der Waals surface area contributed by atoms with Gasteiger partial charge in [-0.25, -0.2) is 0 Å². The van der Waals surface area contributed by atoms with E-state index in [2.05, 4.69) is 6.92 Å². The smallest absolute Gasteiger partial charge is 0.311 e. The minimum atomic E-state index is -0.527. The van der Waals surface area contributed by atoms with E-state index in [1.165, 1.54) is 21.0 Å². The number of rotatable bonds is 3. The minimum Gasteiger partial charge on any atom is -0.469 e. The van der Waals surface area contributed by atoms with Gasteiger partial charge >= 0.3 is 11.9 Å². The summed E-state index contributed by atoms with van der Waals surface area (Å²) in [6.07, 6.45) is 4.37. The number of aryl methyl sites for hydroxylation is 1. The Kier molecular flexibility index (Phi) is 4.91. The maximum Gasteiger partial charge on any atom is 0.311 e. The minimum absolute atomic E-state index is 0.121. The second-order valence-corrected chi connectivity index (χ2v) is 8.43. The number of methoxy groups -OCH3 is 1. The van der Waals surface area contributed by atoms with Crippen molar-refractivity contribution in [3.05, 3.63) is 28.8 Å². The summed E-state index contributed by atoms with van der Waals surface area (Å²) in [5, 5.41) is 0. The Balaban J connectivity index is 2.15. The lowest BCUT2D eigenvalue weighted by atomic mass is 9.49. The lowest BCUT2D eigenvalue weighted by Crippen LogP contribution is -2.52. The van der Waals surface area contributed by atoms with Crippen LogP contribution >= 0.6 is 0 Å². The zero-order valence-electron chi connectivity index (χ0n) is 16.8. The molecule has 0 N–H and O–H groups in total. The van der Waals surface area contributed by atoms with Crippen LogP contribution in [0, 0.1) is 11.3 Å². The summed E-state index contributed by atoms with van der Waals surface area (Å²) in [5.41, 5.74) is 1.90. The summed E-state index contributed by atoms with van der Waals surface area (Å²) in [6, 6.07) is 3.74. The number of carbonyl (C=O) groups excluding carboxylic acids is 3. The maximum atomic E-state index is 12.6. The number of hydrogen-bond acceptors (Lipinski definition) is 5. The van der Waals surface area contributed by atoms with Gasteiger partial charge in [-0.1, -0.05) is 13.3 Å². The normalized spacial score (nSPS) is 29.3. The predicted molar refractivity (Wildman–Crippen MR) is 101 cm³/mol. The van der Waals surface area contributed by atoms with Gasteiger partial charge in [-0.15, -0.1) is 0 Å². The van der Waals surface area contributed by atoms with E-state index in [1.54, 1.807) is 0 Å². The van der Waals surface area contributed by atoms with E-state index in [9.17, 15) is 14.4 Å². The van der Waals surface area contributed by atoms with Gasteiger partial charge in [0.2, 0.25) is 0 Å². The van der Waals surface area contributed by atoms with Crippen molar-refractivity contribution in [1.29, 1.82) is 0 Å². The lowest BCUT2D eigenvalue weighted by Gasteiger charge is -2.54. The fraction of sp³-hybridized carbons (Fsp3) is 0.591. The molecule has 0 unspecified atom stereocenters. The summed E-state index contributed by atoms with van der Waals surface area (Å²) < 4.78 is 10.5. The fourth-order valence-electron chi connectivity index (χ4n) is 5.49. The van der Waals surface area contributed by atoms with Gasteiger partial charge in [0.15, 0.2) is 5.78 Å². The summed E-state index contributed by atoms with van der Waals surface area (Å²) in [4.78, 5) is 36.2. The Morgan fingerprint density at radius 2 is 1.81 bits per heavy atom. The van der Waals surface area contributed by atoms with Crippen molar-refractivity contribution >= 4 is 17.7 Å². The highest BCUT2D eigenvalue weighted by Gasteiger charge is 2.55. The van der Waals surface area contributed by atoms with Gasteiger partial charge in [0, 0.05) is 6.92 Å². The maximum absolute atomic E-state index is 12.6. The number of esters is 2. The average Bonchev–Trinajstić information content (AvgIpc) is 2.60. The molecule has 1 saturated carbocycles. The molecule has 1 aromatic rings. The monoisotopic (exact) mass is 372 g/mol. The molecule has 0 saturated heterocycles. The molecule has 0 radical (unpaired) electrons. The first-order chi connectivity index (χ1) is 12.6. The van der Waals surface area contributed by atoms with E-state index >= 15 is 0 Å². The third-order valence-corrected chi connectivity index (χ3v) is 6.74. The quantitative estimate of drug-likeness (QED) is 0.456. The van der Waals surface area contributed by atoms with Crippen molar-refractivity contribution in [2.24, 2.45) is 11.3 Å². The highest BCUT2D eigenvalue weighted by atomic mass is 16.5. The molecule has 2 aliphatic rings. The first kappa shape index (κ1) is 19.6. The average molecular weight is 372 g/mol. The van der Waals surface area contributed by atoms with Gasteiger partial charge in [0.05, 0.1) is 18.1 Å². The Morgan fingerprint density at radius 1 is 1.11 bits per heavy atom. The van der Waals surface area contributed by atoms with Gasteiger partial charge in [-0.3, -0.25) is 14.4 Å². The van der Waals surface area contributed by atoms with Crippen LogP contribution in [0.25, 0.3) is 0 Å². The van der Waals surface area contributed by atoms with Crippen molar-refractivity contribution in [3.63, 3.8) is 0 Å². The van der Waals surface area contributed by atoms with E-state index in [0.29, 0.717) is 11.3 Å². The molecule has 3 atom stereocenters. The van der Waals surface area contributed by atoms with Gasteiger partial charge in [0.1, 0.15) is 5.75 Å². The van der Waals surface area contributed by atoms with Crippen LogP contribution in [0.4, 0.5) is 0 Å². The number of Topliss-reactive ketones (excluding diaryl/α,β-unsaturated/α-hetero) is 1. The fourth-order valence-corrected chi connectivity index (χ4v) is 5.49. The van der Waals surface area contributed by atoms with Crippen molar-refractivity contribution < 1.29 is 23.9 Å². The molecule has 146 valence electrons. The topological polar surface area (TPSA) is 69.7 Å². The first-order valence-corrected chi connectivity index (χ1v) is 9.58. The number of carbonyl (C=O) groups is 3. The number of ether oxygens (including phenoxy) is 2. The molecule has 2 aliphatic carbocycles. The third-order valence-electron chi connectivity index (χ3n) is 6.74. The number of ketones is 1. The molecule has 0 bridgehead atoms. The molecule has 0 aliphatic heterocycles. The largest absolute Gasteiger partial charge is 0.469 e. The van der Waals surface area contributed by atoms with Crippen LogP contribution in [0.3, 0.4) is 0 Å². The third kappa shape index (κ3) is 3.07. The second-order valence-electron chi connectivity index (χ2n) is 8.43.